The van der Waals surface area contributed by atoms with Crippen molar-refractivity contribution >= 4 is 79.2 Å². The first-order valence-electron chi connectivity index (χ1n) is 19.9. The molecular formula is C28H50ClN4O37PtS5. The molecular weight excluding hydrogens is 1380 g/mol. The fraction of sp³-hybridized carbons (Fsp3) is 0.893. The van der Waals surface area contributed by atoms with Crippen LogP contribution in [0.25, 0.3) is 0 Å². The molecule has 4 rings (SSSR count). The zero-order valence-corrected chi connectivity index (χ0v) is 44.5. The van der Waals surface area contributed by atoms with Gasteiger partial charge in [-0.3, -0.25) is 27.6 Å². The molecule has 41 nitrogen and oxygen atoms in total. The first kappa shape index (κ1) is 70.2. The molecule has 0 aromatic carbocycles. The van der Waals surface area contributed by atoms with E-state index in [4.69, 9.17) is 49.2 Å². The molecule has 0 aliphatic carbocycles. The summed E-state index contributed by atoms with van der Waals surface area (Å²) in [7, 11) is -24.5. The summed E-state index contributed by atoms with van der Waals surface area (Å²) in [5.74, 6) is -5.49. The van der Waals surface area contributed by atoms with Crippen LogP contribution in [0, 0.1) is 0 Å². The number of ether oxygens (including phenoxy) is 7. The molecule has 19 N–H and O–H groups in total. The molecule has 20 atom stereocenters. The number of aliphatic carboxylic acids is 2. The standard InChI is InChI=1S/C26H42N2O37S5.C2H8N2.ClH.Pt/c1-4(30)27-7-9(31)13(6(56-23(7)39)3-55-67(43,44)45)58-26-19(65-70(52,53)54)12(34)16(20(62-26)22(37)38)60-24-8(28-66(40,41)42)15(63-68(46,47)48)14(5(2-29)57-24)59-25-18(64-69(49,50)51)11(33)10(32)17(61-25)21(35)36;3-1-2-4;;/h5-20,23-26,28-29,31-34,39H,2-3H2,1H3,(H,27,30)(H,35,36)(H,37,38)(H,40,41,42)(H,43,44,45)(H,46,47,48)(H,49,50,51)(H,52,53,54);1-4H2;1H;/q;;;+1/p-1/t5-,6+,7-,8-,9-,10-,11-,12+,13-,14-,15-,16+,17-,18+,19-,20+,23-,24+,25+,26-;;;/m1.../s1. The molecule has 76 heavy (non-hydrogen) atoms. The van der Waals surface area contributed by atoms with Crippen LogP contribution in [0.2, 0.25) is 0 Å². The monoisotopic (exact) mass is 1420 g/mol. The van der Waals surface area contributed by atoms with Crippen molar-refractivity contribution in [2.75, 3.05) is 26.3 Å². The van der Waals surface area contributed by atoms with Crippen LogP contribution in [0.4, 0.5) is 0 Å². The van der Waals surface area contributed by atoms with Crippen molar-refractivity contribution in [1.82, 2.24) is 10.0 Å². The van der Waals surface area contributed by atoms with Crippen LogP contribution in [0.3, 0.4) is 0 Å². The molecule has 0 radical (unpaired) electrons. The van der Waals surface area contributed by atoms with E-state index < -0.39 is 206 Å². The van der Waals surface area contributed by atoms with Crippen LogP contribution < -0.4 is 21.5 Å². The third kappa shape index (κ3) is 21.2. The molecule has 451 valence electrons. The van der Waals surface area contributed by atoms with Crippen molar-refractivity contribution in [2.45, 2.75) is 130 Å². The minimum atomic E-state index is -6.09. The summed E-state index contributed by atoms with van der Waals surface area (Å²) < 4.78 is 222. The van der Waals surface area contributed by atoms with Gasteiger partial charge in [-0.1, -0.05) is 0 Å². The average molecular weight is 1430 g/mol. The quantitative estimate of drug-likeness (QED) is 0.0448. The van der Waals surface area contributed by atoms with Gasteiger partial charge in [-0.2, -0.15) is 46.8 Å². The summed E-state index contributed by atoms with van der Waals surface area (Å²) in [6, 6.07) is -4.96. The Kier molecular flexibility index (Phi) is 27.0. The zero-order chi connectivity index (χ0) is 58.8. The Balaban J connectivity index is 0.00000314. The second kappa shape index (κ2) is 29.2. The normalized spacial score (nSPS) is 36.6. The molecule has 4 aliphatic rings. The molecule has 0 aromatic rings. The maximum atomic E-state index is 12.7. The van der Waals surface area contributed by atoms with Crippen LogP contribution in [0.1, 0.15) is 6.92 Å². The fourth-order valence-corrected chi connectivity index (χ4v) is 9.43. The Bertz CT molecular complexity index is 2500. The van der Waals surface area contributed by atoms with Gasteiger partial charge in [-0.15, -0.1) is 0 Å². The summed E-state index contributed by atoms with van der Waals surface area (Å²) in [4.78, 5) is 36.4. The SMILES string of the molecule is CC(=O)N[C@@H]1[C@@H](O)[C@H](O[C@@H]2O[C@H](C(=O)O)[C@@H](O[C@@H]3O[C@H](CO)[C@@H](O[C@H]4O[C@@H](C(=O)O)[C@H](O)[C@@H](O)[C@@H]4OS(=O)(=O)O)[C@H](OS(=O)(=O)O)[C@H]3NS(=O)(=O)O)[C@H](O)[C@H]2OS(=O)(=O)O)[C@H](COS(=O)(=O)O)O[C@H]1O.NCCN.[Cl][Pt]. The van der Waals surface area contributed by atoms with Gasteiger partial charge in [0.25, 0.3) is 0 Å². The Hall–Kier alpha value is -1.86. The van der Waals surface area contributed by atoms with Crippen molar-refractivity contribution in [3.8, 4) is 0 Å². The molecule has 4 aliphatic heterocycles. The van der Waals surface area contributed by atoms with Crippen molar-refractivity contribution < 1.29 is 189 Å². The molecule has 0 spiro atoms. The predicted molar refractivity (Wildman–Crippen MR) is 225 cm³/mol. The van der Waals surface area contributed by atoms with Gasteiger partial charge in [0.1, 0.15) is 73.1 Å². The number of carbonyl (C=O) groups is 3. The number of aliphatic hydroxyl groups excluding tert-OH is 6. The molecule has 0 unspecified atom stereocenters. The Labute approximate surface area is 443 Å². The number of carboxylic acid groups (broad SMARTS) is 2. The second-order valence-electron chi connectivity index (χ2n) is 15.2. The molecule has 4 fully saturated rings. The van der Waals surface area contributed by atoms with E-state index in [0.29, 0.717) is 13.1 Å². The molecule has 0 bridgehead atoms. The van der Waals surface area contributed by atoms with Crippen molar-refractivity contribution in [3.05, 3.63) is 0 Å². The maximum absolute atomic E-state index is 12.7. The average Bonchev–Trinajstić information content (AvgIpc) is 3.27. The van der Waals surface area contributed by atoms with Crippen molar-refractivity contribution in [2.24, 2.45) is 11.5 Å². The summed E-state index contributed by atoms with van der Waals surface area (Å²) in [6.45, 7) is -1.05. The van der Waals surface area contributed by atoms with Crippen LogP contribution >= 0.6 is 9.42 Å². The number of nitrogens with one attached hydrogen (secondary N) is 2. The minimum absolute atomic E-state index is 0.597. The van der Waals surface area contributed by atoms with Crippen LogP contribution in [-0.2, 0) is 135 Å². The van der Waals surface area contributed by atoms with Gasteiger partial charge in [-0.25, -0.2) is 26.3 Å². The van der Waals surface area contributed by atoms with E-state index in [2.05, 4.69) is 26.2 Å². The van der Waals surface area contributed by atoms with E-state index in [0.717, 1.165) is 6.92 Å². The van der Waals surface area contributed by atoms with Gasteiger partial charge in [0, 0.05) is 20.0 Å². The molecule has 1 amide bonds. The van der Waals surface area contributed by atoms with Crippen molar-refractivity contribution in [1.29, 1.82) is 0 Å². The van der Waals surface area contributed by atoms with E-state index in [1.807, 2.05) is 5.32 Å². The van der Waals surface area contributed by atoms with Crippen molar-refractivity contribution in [3.63, 3.8) is 0 Å². The number of carbonyl (C=O) groups excluding carboxylic acids is 1. The molecule has 4 heterocycles. The summed E-state index contributed by atoms with van der Waals surface area (Å²) in [5, 5.41) is 86.0. The van der Waals surface area contributed by atoms with E-state index >= 15 is 0 Å². The van der Waals surface area contributed by atoms with Gasteiger partial charge in [0.05, 0.1) is 13.2 Å². The number of rotatable bonds is 22. The number of aliphatic hydroxyl groups is 6. The first-order valence-corrected chi connectivity index (χ1v) is 29.6. The molecule has 48 heteroatoms. The van der Waals surface area contributed by atoms with Crippen LogP contribution in [-0.4, -0.2) is 273 Å². The second-order valence-corrected chi connectivity index (χ2v) is 20.6. The van der Waals surface area contributed by atoms with E-state index in [9.17, 15) is 116 Å². The van der Waals surface area contributed by atoms with E-state index in [-0.39, 0.29) is 0 Å². The van der Waals surface area contributed by atoms with Gasteiger partial charge in [-0.05, 0) is 0 Å². The number of amides is 1. The third-order valence-electron chi connectivity index (χ3n) is 9.85. The topological polar surface area (TPSA) is 663 Å². The first-order chi connectivity index (χ1) is 34.7. The predicted octanol–water partition coefficient (Wildman–Crippen LogP) is -11.1. The third-order valence-corrected chi connectivity index (χ3v) is 12.2. The summed E-state index contributed by atoms with van der Waals surface area (Å²) in [6.07, 6.45) is -49.1. The zero-order valence-electron chi connectivity index (χ0n) is 37.4. The molecule has 4 saturated heterocycles. The van der Waals surface area contributed by atoms with Gasteiger partial charge in [0.2, 0.25) is 5.91 Å². The summed E-state index contributed by atoms with van der Waals surface area (Å²) in [5.41, 5.74) is 9.81. The molecule has 0 aromatic heterocycles. The Morgan fingerprint density at radius 1 is 0.553 bits per heavy atom. The van der Waals surface area contributed by atoms with Crippen LogP contribution in [0.15, 0.2) is 0 Å². The number of hydrogen-bond donors (Lipinski definition) is 17. The van der Waals surface area contributed by atoms with Crippen LogP contribution in [0.5, 0.6) is 0 Å². The fourth-order valence-electron chi connectivity index (χ4n) is 7.05. The molecule has 0 saturated carbocycles. The number of nitrogens with two attached hydrogens (primary N) is 2. The summed E-state index contributed by atoms with van der Waals surface area (Å²) >= 11 is 1.61. The van der Waals surface area contributed by atoms with Gasteiger partial charge in [0.15, 0.2) is 49.6 Å². The number of hydrogen-bond acceptors (Lipinski definition) is 32. The van der Waals surface area contributed by atoms with E-state index in [1.54, 1.807) is 18.8 Å². The number of halogens is 1. The van der Waals surface area contributed by atoms with E-state index in [1.165, 1.54) is 4.72 Å². The van der Waals surface area contributed by atoms with Gasteiger partial charge < -0.3 is 90.8 Å². The Morgan fingerprint density at radius 3 is 1.42 bits per heavy atom. The van der Waals surface area contributed by atoms with Gasteiger partial charge >= 0.3 is 92.0 Å². The Morgan fingerprint density at radius 2 is 1.00 bits per heavy atom. The number of carboxylic acids is 2.